The van der Waals surface area contributed by atoms with Crippen LogP contribution in [0.25, 0.3) is 16.7 Å². The molecule has 0 N–H and O–H groups in total. The van der Waals surface area contributed by atoms with Gasteiger partial charge in [0.15, 0.2) is 0 Å². The largest absolute Gasteiger partial charge is 0.300 e. The summed E-state index contributed by atoms with van der Waals surface area (Å²) in [6.07, 6.45) is 7.14. The summed E-state index contributed by atoms with van der Waals surface area (Å²) < 4.78 is 1.93. The first-order valence-electron chi connectivity index (χ1n) is 4.74. The highest BCUT2D eigenvalue weighted by Crippen LogP contribution is 2.18. The molecule has 0 aromatic carbocycles. The second kappa shape index (κ2) is 3.57. The summed E-state index contributed by atoms with van der Waals surface area (Å²) in [4.78, 5) is 12.2. The maximum Gasteiger partial charge on any atom is 0.224 e. The van der Waals surface area contributed by atoms with Gasteiger partial charge in [0.1, 0.15) is 5.65 Å². The standard InChI is InChI=1S/C11H7ClN4/c12-11-14-6-8-3-5-16(10(8)15-11)9-2-1-4-13-7-9/h1-7H. The van der Waals surface area contributed by atoms with Gasteiger partial charge in [-0.1, -0.05) is 0 Å². The van der Waals surface area contributed by atoms with Crippen LogP contribution in [0, 0.1) is 0 Å². The first-order valence-corrected chi connectivity index (χ1v) is 5.12. The molecule has 0 saturated carbocycles. The lowest BCUT2D eigenvalue weighted by Crippen LogP contribution is -1.94. The van der Waals surface area contributed by atoms with Gasteiger partial charge in [0.2, 0.25) is 5.28 Å². The Hall–Kier alpha value is -1.94. The summed E-state index contributed by atoms with van der Waals surface area (Å²) in [6.45, 7) is 0. The smallest absolute Gasteiger partial charge is 0.224 e. The lowest BCUT2D eigenvalue weighted by Gasteiger charge is -2.02. The highest BCUT2D eigenvalue weighted by molar-refractivity contribution is 6.28. The number of hydrogen-bond acceptors (Lipinski definition) is 3. The minimum Gasteiger partial charge on any atom is -0.300 e. The molecule has 0 saturated heterocycles. The Balaban J connectivity index is 2.29. The van der Waals surface area contributed by atoms with Crippen molar-refractivity contribution in [1.29, 1.82) is 0 Å². The fraction of sp³-hybridized carbons (Fsp3) is 0. The fourth-order valence-corrected chi connectivity index (χ4v) is 1.73. The quantitative estimate of drug-likeness (QED) is 0.603. The Morgan fingerprint density at radius 3 is 2.94 bits per heavy atom. The third-order valence-corrected chi connectivity index (χ3v) is 2.50. The van der Waals surface area contributed by atoms with Gasteiger partial charge >= 0.3 is 0 Å². The van der Waals surface area contributed by atoms with E-state index in [-0.39, 0.29) is 5.28 Å². The molecule has 0 spiro atoms. The van der Waals surface area contributed by atoms with Crippen LogP contribution in [-0.2, 0) is 0 Å². The minimum atomic E-state index is 0.247. The predicted molar refractivity (Wildman–Crippen MR) is 61.7 cm³/mol. The van der Waals surface area contributed by atoms with Gasteiger partial charge in [-0.15, -0.1) is 0 Å². The maximum atomic E-state index is 5.78. The molecule has 5 heteroatoms. The second-order valence-electron chi connectivity index (χ2n) is 3.31. The fourth-order valence-electron chi connectivity index (χ4n) is 1.60. The number of fused-ring (bicyclic) bond motifs is 1. The van der Waals surface area contributed by atoms with Crippen molar-refractivity contribution in [2.75, 3.05) is 0 Å². The van der Waals surface area contributed by atoms with Crippen molar-refractivity contribution in [3.05, 3.63) is 48.3 Å². The molecule has 0 fully saturated rings. The van der Waals surface area contributed by atoms with Crippen LogP contribution in [0.2, 0.25) is 5.28 Å². The third kappa shape index (κ3) is 1.44. The van der Waals surface area contributed by atoms with Crippen LogP contribution >= 0.6 is 11.6 Å². The van der Waals surface area contributed by atoms with Crippen LogP contribution in [0.5, 0.6) is 0 Å². The zero-order valence-electron chi connectivity index (χ0n) is 8.21. The van der Waals surface area contributed by atoms with Gasteiger partial charge in [-0.3, -0.25) is 9.55 Å². The summed E-state index contributed by atoms with van der Waals surface area (Å²) in [5.74, 6) is 0. The first-order chi connectivity index (χ1) is 7.84. The van der Waals surface area contributed by atoms with E-state index in [9.17, 15) is 0 Å². The van der Waals surface area contributed by atoms with Crippen LogP contribution in [0.1, 0.15) is 0 Å². The molecule has 0 unspecified atom stereocenters. The Bertz CT molecular complexity index is 633. The molecule has 0 atom stereocenters. The van der Waals surface area contributed by atoms with Crippen molar-refractivity contribution in [3.8, 4) is 5.69 Å². The average Bonchev–Trinajstić information content (AvgIpc) is 2.73. The number of nitrogens with zero attached hydrogens (tertiary/aromatic N) is 4. The lowest BCUT2D eigenvalue weighted by atomic mass is 10.4. The lowest BCUT2D eigenvalue weighted by molar-refractivity contribution is 1.06. The number of pyridine rings is 1. The molecule has 16 heavy (non-hydrogen) atoms. The molecule has 78 valence electrons. The van der Waals surface area contributed by atoms with Gasteiger partial charge in [-0.2, -0.15) is 4.98 Å². The first kappa shape index (κ1) is 9.30. The number of halogens is 1. The summed E-state index contributed by atoms with van der Waals surface area (Å²) in [7, 11) is 0. The van der Waals surface area contributed by atoms with Crippen LogP contribution in [-0.4, -0.2) is 19.5 Å². The highest BCUT2D eigenvalue weighted by atomic mass is 35.5. The number of hydrogen-bond donors (Lipinski definition) is 0. The van der Waals surface area contributed by atoms with Gasteiger partial charge in [0.25, 0.3) is 0 Å². The second-order valence-corrected chi connectivity index (χ2v) is 3.65. The zero-order valence-corrected chi connectivity index (χ0v) is 8.96. The van der Waals surface area contributed by atoms with Crippen molar-refractivity contribution < 1.29 is 0 Å². The SMILES string of the molecule is Clc1ncc2ccn(-c3cccnc3)c2n1. The van der Waals surface area contributed by atoms with Gasteiger partial charge in [0, 0.05) is 24.0 Å². The predicted octanol–water partition coefficient (Wildman–Crippen LogP) is 2.47. The van der Waals surface area contributed by atoms with E-state index in [1.807, 2.05) is 29.0 Å². The molecule has 0 radical (unpaired) electrons. The summed E-state index contributed by atoms with van der Waals surface area (Å²) >= 11 is 5.78. The Morgan fingerprint density at radius 2 is 2.12 bits per heavy atom. The molecule has 0 aliphatic carbocycles. The third-order valence-electron chi connectivity index (χ3n) is 2.32. The zero-order chi connectivity index (χ0) is 11.0. The number of aromatic nitrogens is 4. The molecule has 0 amide bonds. The van der Waals surface area contributed by atoms with E-state index < -0.39 is 0 Å². The van der Waals surface area contributed by atoms with Crippen LogP contribution in [0.15, 0.2) is 43.0 Å². The van der Waals surface area contributed by atoms with Gasteiger partial charge in [-0.05, 0) is 29.8 Å². The van der Waals surface area contributed by atoms with Crippen molar-refractivity contribution in [2.24, 2.45) is 0 Å². The monoisotopic (exact) mass is 230 g/mol. The molecule has 0 aliphatic rings. The average molecular weight is 231 g/mol. The molecule has 4 nitrogen and oxygen atoms in total. The molecule has 3 rings (SSSR count). The van der Waals surface area contributed by atoms with E-state index in [1.54, 1.807) is 18.6 Å². The molecular formula is C11H7ClN4. The summed E-state index contributed by atoms with van der Waals surface area (Å²) in [5.41, 5.74) is 1.74. The topological polar surface area (TPSA) is 43.6 Å². The van der Waals surface area contributed by atoms with E-state index in [4.69, 9.17) is 11.6 Å². The van der Waals surface area contributed by atoms with E-state index in [2.05, 4.69) is 15.0 Å². The summed E-state index contributed by atoms with van der Waals surface area (Å²) in [5, 5.41) is 1.20. The van der Waals surface area contributed by atoms with Gasteiger partial charge in [0.05, 0.1) is 11.9 Å². The van der Waals surface area contributed by atoms with Crippen molar-refractivity contribution >= 4 is 22.6 Å². The number of rotatable bonds is 1. The van der Waals surface area contributed by atoms with E-state index >= 15 is 0 Å². The van der Waals surface area contributed by atoms with E-state index in [0.29, 0.717) is 0 Å². The van der Waals surface area contributed by atoms with Crippen LogP contribution in [0.3, 0.4) is 0 Å². The van der Waals surface area contributed by atoms with Crippen LogP contribution in [0.4, 0.5) is 0 Å². The Morgan fingerprint density at radius 1 is 1.19 bits per heavy atom. The molecule has 0 aliphatic heterocycles. The van der Waals surface area contributed by atoms with Crippen molar-refractivity contribution in [1.82, 2.24) is 19.5 Å². The van der Waals surface area contributed by atoms with E-state index in [0.717, 1.165) is 16.7 Å². The maximum absolute atomic E-state index is 5.78. The van der Waals surface area contributed by atoms with E-state index in [1.165, 1.54) is 0 Å². The molecule has 0 bridgehead atoms. The molecule has 3 aromatic rings. The minimum absolute atomic E-state index is 0.247. The van der Waals surface area contributed by atoms with Gasteiger partial charge < -0.3 is 0 Å². The highest BCUT2D eigenvalue weighted by Gasteiger charge is 2.05. The van der Waals surface area contributed by atoms with Crippen LogP contribution < -0.4 is 0 Å². The Kier molecular flexibility index (Phi) is 2.08. The summed E-state index contributed by atoms with van der Waals surface area (Å²) in [6, 6.07) is 5.78. The molecule has 3 aromatic heterocycles. The molecule has 3 heterocycles. The normalized spacial score (nSPS) is 10.8. The Labute approximate surface area is 96.6 Å². The molecular weight excluding hydrogens is 224 g/mol. The van der Waals surface area contributed by atoms with Gasteiger partial charge in [-0.25, -0.2) is 4.98 Å². The van der Waals surface area contributed by atoms with Crippen molar-refractivity contribution in [2.45, 2.75) is 0 Å². The van der Waals surface area contributed by atoms with Crippen molar-refractivity contribution in [3.63, 3.8) is 0 Å².